The van der Waals surface area contributed by atoms with Crippen molar-refractivity contribution in [3.63, 3.8) is 0 Å². The topological polar surface area (TPSA) is 92.4 Å². The number of hydrogen-bond acceptors (Lipinski definition) is 3. The summed E-state index contributed by atoms with van der Waals surface area (Å²) in [6.07, 6.45) is 3.33. The quantitative estimate of drug-likeness (QED) is 0.573. The van der Waals surface area contributed by atoms with E-state index in [4.69, 9.17) is 10.8 Å². The average molecular weight is 286 g/mol. The van der Waals surface area contributed by atoms with Gasteiger partial charge in [0, 0.05) is 6.04 Å². The zero-order chi connectivity index (χ0) is 15.7. The maximum atomic E-state index is 12.0. The van der Waals surface area contributed by atoms with Crippen molar-refractivity contribution in [2.45, 2.75) is 71.9 Å². The number of nitrogens with two attached hydrogens (primary N) is 1. The molecular formula is C15H30N2O3. The fourth-order valence-corrected chi connectivity index (χ4v) is 2.42. The molecule has 0 spiro atoms. The Bertz CT molecular complexity index is 305. The van der Waals surface area contributed by atoms with Crippen LogP contribution in [0.4, 0.5) is 0 Å². The molecule has 0 saturated heterocycles. The number of carboxylic acid groups (broad SMARTS) is 1. The number of amides is 1. The van der Waals surface area contributed by atoms with Crippen molar-refractivity contribution in [1.29, 1.82) is 0 Å². The van der Waals surface area contributed by atoms with Crippen molar-refractivity contribution in [1.82, 2.24) is 5.32 Å². The van der Waals surface area contributed by atoms with Gasteiger partial charge in [0.15, 0.2) is 0 Å². The van der Waals surface area contributed by atoms with E-state index in [-0.39, 0.29) is 18.4 Å². The predicted octanol–water partition coefficient (Wildman–Crippen LogP) is 2.15. The average Bonchev–Trinajstić information content (AvgIpc) is 2.26. The van der Waals surface area contributed by atoms with E-state index in [9.17, 15) is 9.59 Å². The summed E-state index contributed by atoms with van der Waals surface area (Å²) in [4.78, 5) is 22.9. The van der Waals surface area contributed by atoms with Crippen LogP contribution in [0.1, 0.15) is 59.8 Å². The lowest BCUT2D eigenvalue weighted by Gasteiger charge is -2.23. The second-order valence-electron chi connectivity index (χ2n) is 6.17. The van der Waals surface area contributed by atoms with E-state index in [0.29, 0.717) is 24.7 Å². The highest BCUT2D eigenvalue weighted by molar-refractivity contribution is 5.82. The van der Waals surface area contributed by atoms with Crippen molar-refractivity contribution in [3.05, 3.63) is 0 Å². The Morgan fingerprint density at radius 1 is 1.20 bits per heavy atom. The van der Waals surface area contributed by atoms with Crippen LogP contribution in [0.3, 0.4) is 0 Å². The van der Waals surface area contributed by atoms with Gasteiger partial charge in [-0.05, 0) is 24.7 Å². The van der Waals surface area contributed by atoms with E-state index in [1.807, 2.05) is 13.8 Å². The fraction of sp³-hybridized carbons (Fsp3) is 0.867. The number of carbonyl (C=O) groups excluding carboxylic acids is 1. The lowest BCUT2D eigenvalue weighted by Crippen LogP contribution is -2.47. The minimum Gasteiger partial charge on any atom is -0.481 e. The Morgan fingerprint density at radius 2 is 1.80 bits per heavy atom. The highest BCUT2D eigenvalue weighted by Gasteiger charge is 2.22. The summed E-state index contributed by atoms with van der Waals surface area (Å²) in [7, 11) is 0. The van der Waals surface area contributed by atoms with Gasteiger partial charge in [-0.15, -0.1) is 0 Å². The lowest BCUT2D eigenvalue weighted by molar-refractivity contribution is -0.137. The molecule has 3 atom stereocenters. The van der Waals surface area contributed by atoms with Crippen molar-refractivity contribution in [2.24, 2.45) is 17.6 Å². The number of carbonyl (C=O) groups is 2. The summed E-state index contributed by atoms with van der Waals surface area (Å²) in [6.45, 7) is 8.19. The standard InChI is InChI=1S/C15H30N2O3/c1-5-6-11(4)8-12(9-14(18)19)17-15(20)13(16)7-10(2)3/h10-13H,5-9,16H2,1-4H3,(H,17,20)(H,18,19)/t11?,12?,13-/m0/s1. The third kappa shape index (κ3) is 8.91. The molecule has 0 rings (SSSR count). The van der Waals surface area contributed by atoms with E-state index in [2.05, 4.69) is 19.2 Å². The van der Waals surface area contributed by atoms with Gasteiger partial charge in [-0.25, -0.2) is 0 Å². The molecule has 0 heterocycles. The highest BCUT2D eigenvalue weighted by atomic mass is 16.4. The highest BCUT2D eigenvalue weighted by Crippen LogP contribution is 2.15. The van der Waals surface area contributed by atoms with Crippen molar-refractivity contribution in [2.75, 3.05) is 0 Å². The first-order chi connectivity index (χ1) is 9.26. The molecule has 5 heteroatoms. The van der Waals surface area contributed by atoms with Gasteiger partial charge in [0.2, 0.25) is 5.91 Å². The summed E-state index contributed by atoms with van der Waals surface area (Å²) in [6, 6.07) is -0.896. The van der Waals surface area contributed by atoms with Gasteiger partial charge in [-0.3, -0.25) is 9.59 Å². The Balaban J connectivity index is 4.47. The summed E-state index contributed by atoms with van der Waals surface area (Å²) < 4.78 is 0. The van der Waals surface area contributed by atoms with Crippen LogP contribution in [0, 0.1) is 11.8 Å². The Kier molecular flexibility index (Phi) is 9.21. The van der Waals surface area contributed by atoms with Gasteiger partial charge >= 0.3 is 5.97 Å². The summed E-state index contributed by atoms with van der Waals surface area (Å²) in [5, 5.41) is 11.7. The second kappa shape index (κ2) is 9.75. The van der Waals surface area contributed by atoms with Crippen LogP contribution in [-0.4, -0.2) is 29.1 Å². The smallest absolute Gasteiger partial charge is 0.305 e. The van der Waals surface area contributed by atoms with Crippen LogP contribution in [-0.2, 0) is 9.59 Å². The van der Waals surface area contributed by atoms with Gasteiger partial charge in [0.05, 0.1) is 12.5 Å². The van der Waals surface area contributed by atoms with Crippen LogP contribution in [0.2, 0.25) is 0 Å². The van der Waals surface area contributed by atoms with Crippen LogP contribution in [0.15, 0.2) is 0 Å². The Morgan fingerprint density at radius 3 is 2.25 bits per heavy atom. The van der Waals surface area contributed by atoms with E-state index in [1.165, 1.54) is 0 Å². The van der Waals surface area contributed by atoms with Gasteiger partial charge in [0.25, 0.3) is 0 Å². The second-order valence-corrected chi connectivity index (χ2v) is 6.17. The van der Waals surface area contributed by atoms with Crippen LogP contribution < -0.4 is 11.1 Å². The molecule has 118 valence electrons. The Hall–Kier alpha value is -1.10. The molecule has 0 aliphatic carbocycles. The minimum absolute atomic E-state index is 0.0474. The summed E-state index contributed by atoms with van der Waals surface area (Å²) in [5.41, 5.74) is 5.83. The van der Waals surface area contributed by atoms with Crippen molar-refractivity contribution >= 4 is 11.9 Å². The first kappa shape index (κ1) is 18.9. The summed E-state index contributed by atoms with van der Waals surface area (Å²) >= 11 is 0. The first-order valence-corrected chi connectivity index (χ1v) is 7.53. The number of carboxylic acids is 1. The fourth-order valence-electron chi connectivity index (χ4n) is 2.42. The molecule has 0 aromatic rings. The predicted molar refractivity (Wildman–Crippen MR) is 80.3 cm³/mol. The number of hydrogen-bond donors (Lipinski definition) is 3. The zero-order valence-corrected chi connectivity index (χ0v) is 13.2. The molecule has 0 bridgehead atoms. The summed E-state index contributed by atoms with van der Waals surface area (Å²) in [5.74, 6) is -0.399. The van der Waals surface area contributed by atoms with Crippen LogP contribution >= 0.6 is 0 Å². The molecular weight excluding hydrogens is 256 g/mol. The van der Waals surface area contributed by atoms with Crippen LogP contribution in [0.25, 0.3) is 0 Å². The van der Waals surface area contributed by atoms with Crippen LogP contribution in [0.5, 0.6) is 0 Å². The van der Waals surface area contributed by atoms with Gasteiger partial charge in [-0.1, -0.05) is 40.5 Å². The molecule has 0 aromatic carbocycles. The maximum absolute atomic E-state index is 12.0. The van der Waals surface area contributed by atoms with Gasteiger partial charge < -0.3 is 16.2 Å². The molecule has 5 nitrogen and oxygen atoms in total. The molecule has 0 saturated carbocycles. The van der Waals surface area contributed by atoms with E-state index < -0.39 is 12.0 Å². The molecule has 2 unspecified atom stereocenters. The van der Waals surface area contributed by atoms with Gasteiger partial charge in [-0.2, -0.15) is 0 Å². The largest absolute Gasteiger partial charge is 0.481 e. The van der Waals surface area contributed by atoms with Crippen molar-refractivity contribution < 1.29 is 14.7 Å². The Labute approximate surface area is 122 Å². The minimum atomic E-state index is -0.892. The monoisotopic (exact) mass is 286 g/mol. The molecule has 1 amide bonds. The van der Waals surface area contributed by atoms with Gasteiger partial charge in [0.1, 0.15) is 0 Å². The first-order valence-electron chi connectivity index (χ1n) is 7.53. The van der Waals surface area contributed by atoms with E-state index in [0.717, 1.165) is 12.8 Å². The zero-order valence-electron chi connectivity index (χ0n) is 13.2. The molecule has 20 heavy (non-hydrogen) atoms. The van der Waals surface area contributed by atoms with E-state index >= 15 is 0 Å². The number of rotatable bonds is 10. The maximum Gasteiger partial charge on any atom is 0.305 e. The third-order valence-electron chi connectivity index (χ3n) is 3.30. The molecule has 0 aromatic heterocycles. The van der Waals surface area contributed by atoms with Crippen molar-refractivity contribution in [3.8, 4) is 0 Å². The normalized spacial score (nSPS) is 15.7. The lowest BCUT2D eigenvalue weighted by atomic mass is 9.95. The molecule has 0 fully saturated rings. The SMILES string of the molecule is CCCC(C)CC(CC(=O)O)NC(=O)[C@@H](N)CC(C)C. The molecule has 0 aliphatic heterocycles. The molecule has 0 aliphatic rings. The number of aliphatic carboxylic acids is 1. The van der Waals surface area contributed by atoms with E-state index in [1.54, 1.807) is 0 Å². The third-order valence-corrected chi connectivity index (χ3v) is 3.30. The number of nitrogens with one attached hydrogen (secondary N) is 1. The molecule has 0 radical (unpaired) electrons. The molecule has 4 N–H and O–H groups in total.